The van der Waals surface area contributed by atoms with Crippen molar-refractivity contribution in [2.45, 2.75) is 0 Å². The molecule has 100 valence electrons. The summed E-state index contributed by atoms with van der Waals surface area (Å²) in [6.07, 6.45) is 0. The molecule has 0 aliphatic rings. The molecule has 0 fully saturated rings. The maximum absolute atomic E-state index is 10.9. The molecule has 6 nitrogen and oxygen atoms in total. The number of nitriles is 1. The standard InChI is InChI=1S/C14H11N3O3/c1-16-11-6-12(17(18)19)8-14(7-11)20-13-4-2-3-10(5-13)9-15/h2-8,16H,1H3. The molecule has 0 spiro atoms. The average molecular weight is 269 g/mol. The molecule has 1 N–H and O–H groups in total. The molecule has 2 aromatic rings. The summed E-state index contributed by atoms with van der Waals surface area (Å²) < 4.78 is 5.56. The van der Waals surface area contributed by atoms with Crippen molar-refractivity contribution in [1.82, 2.24) is 0 Å². The SMILES string of the molecule is CNc1cc(Oc2cccc(C#N)c2)cc([N+](=O)[O-])c1. The second-order valence-electron chi connectivity index (χ2n) is 3.96. The summed E-state index contributed by atoms with van der Waals surface area (Å²) in [5.41, 5.74) is 0.968. The highest BCUT2D eigenvalue weighted by atomic mass is 16.6. The second-order valence-corrected chi connectivity index (χ2v) is 3.96. The number of hydrogen-bond acceptors (Lipinski definition) is 5. The Hall–Kier alpha value is -3.07. The van der Waals surface area contributed by atoms with E-state index in [2.05, 4.69) is 5.32 Å². The van der Waals surface area contributed by atoms with E-state index in [0.717, 1.165) is 0 Å². The van der Waals surface area contributed by atoms with Crippen LogP contribution in [0.3, 0.4) is 0 Å². The van der Waals surface area contributed by atoms with E-state index in [4.69, 9.17) is 10.00 Å². The molecule has 2 rings (SSSR count). The minimum atomic E-state index is -0.487. The van der Waals surface area contributed by atoms with Gasteiger partial charge in [-0.05, 0) is 18.2 Å². The summed E-state index contributed by atoms with van der Waals surface area (Å²) >= 11 is 0. The number of non-ortho nitro benzene ring substituents is 1. The number of nitrogens with zero attached hydrogens (tertiary/aromatic N) is 2. The molecule has 20 heavy (non-hydrogen) atoms. The Morgan fingerprint density at radius 1 is 1.25 bits per heavy atom. The molecule has 0 unspecified atom stereocenters. The highest BCUT2D eigenvalue weighted by molar-refractivity contribution is 5.56. The third kappa shape index (κ3) is 3.03. The van der Waals surface area contributed by atoms with Crippen molar-refractivity contribution in [2.24, 2.45) is 0 Å². The van der Waals surface area contributed by atoms with Crippen LogP contribution in [0.2, 0.25) is 0 Å². The minimum Gasteiger partial charge on any atom is -0.457 e. The Morgan fingerprint density at radius 2 is 2.05 bits per heavy atom. The highest BCUT2D eigenvalue weighted by Gasteiger charge is 2.10. The molecule has 0 radical (unpaired) electrons. The van der Waals surface area contributed by atoms with E-state index >= 15 is 0 Å². The number of anilines is 1. The van der Waals surface area contributed by atoms with Crippen LogP contribution in [-0.4, -0.2) is 12.0 Å². The smallest absolute Gasteiger partial charge is 0.275 e. The van der Waals surface area contributed by atoms with Gasteiger partial charge in [-0.25, -0.2) is 0 Å². The van der Waals surface area contributed by atoms with Gasteiger partial charge in [-0.15, -0.1) is 0 Å². The lowest BCUT2D eigenvalue weighted by Crippen LogP contribution is -1.94. The van der Waals surface area contributed by atoms with Gasteiger partial charge in [0, 0.05) is 24.9 Å². The summed E-state index contributed by atoms with van der Waals surface area (Å²) in [6.45, 7) is 0. The molecule has 0 saturated carbocycles. The van der Waals surface area contributed by atoms with Crippen LogP contribution in [0, 0.1) is 21.4 Å². The molecule has 0 heterocycles. The Kier molecular flexibility index (Phi) is 3.82. The Bertz CT molecular complexity index is 692. The Morgan fingerprint density at radius 3 is 2.70 bits per heavy atom. The van der Waals surface area contributed by atoms with Crippen molar-refractivity contribution in [3.8, 4) is 17.6 Å². The van der Waals surface area contributed by atoms with Crippen molar-refractivity contribution in [2.75, 3.05) is 12.4 Å². The maximum atomic E-state index is 10.9. The first-order chi connectivity index (χ1) is 9.62. The predicted molar refractivity (Wildman–Crippen MR) is 73.9 cm³/mol. The molecule has 0 atom stereocenters. The fourth-order valence-electron chi connectivity index (χ4n) is 1.66. The fourth-order valence-corrected chi connectivity index (χ4v) is 1.66. The molecule has 0 aliphatic heterocycles. The molecule has 0 aliphatic carbocycles. The van der Waals surface area contributed by atoms with E-state index < -0.39 is 4.92 Å². The zero-order valence-corrected chi connectivity index (χ0v) is 10.7. The van der Waals surface area contributed by atoms with Gasteiger partial charge in [0.1, 0.15) is 11.5 Å². The minimum absolute atomic E-state index is 0.0664. The quantitative estimate of drug-likeness (QED) is 0.679. The van der Waals surface area contributed by atoms with Crippen LogP contribution in [0.15, 0.2) is 42.5 Å². The van der Waals surface area contributed by atoms with Gasteiger partial charge in [0.15, 0.2) is 0 Å². The fraction of sp³-hybridized carbons (Fsp3) is 0.0714. The number of hydrogen-bond donors (Lipinski definition) is 1. The van der Waals surface area contributed by atoms with Gasteiger partial charge in [0.25, 0.3) is 5.69 Å². The molecular formula is C14H11N3O3. The lowest BCUT2D eigenvalue weighted by Gasteiger charge is -2.08. The van der Waals surface area contributed by atoms with Gasteiger partial charge in [-0.2, -0.15) is 5.26 Å². The Labute approximate surface area is 115 Å². The number of rotatable bonds is 4. The lowest BCUT2D eigenvalue weighted by molar-refractivity contribution is -0.384. The van der Waals surface area contributed by atoms with Crippen LogP contribution >= 0.6 is 0 Å². The summed E-state index contributed by atoms with van der Waals surface area (Å²) in [6, 6.07) is 13.0. The van der Waals surface area contributed by atoms with Crippen molar-refractivity contribution in [3.63, 3.8) is 0 Å². The van der Waals surface area contributed by atoms with Crippen molar-refractivity contribution >= 4 is 11.4 Å². The number of benzene rings is 2. The van der Waals surface area contributed by atoms with E-state index in [0.29, 0.717) is 22.7 Å². The summed E-state index contributed by atoms with van der Waals surface area (Å²) in [5, 5.41) is 22.5. The highest BCUT2D eigenvalue weighted by Crippen LogP contribution is 2.29. The van der Waals surface area contributed by atoms with E-state index in [9.17, 15) is 10.1 Å². The molecule has 0 amide bonds. The number of nitrogens with one attached hydrogen (secondary N) is 1. The second kappa shape index (κ2) is 5.71. The zero-order chi connectivity index (χ0) is 14.5. The van der Waals surface area contributed by atoms with Crippen LogP contribution in [0.5, 0.6) is 11.5 Å². The van der Waals surface area contributed by atoms with E-state index in [1.165, 1.54) is 12.1 Å². The first-order valence-corrected chi connectivity index (χ1v) is 5.77. The summed E-state index contributed by atoms with van der Waals surface area (Å²) in [7, 11) is 1.67. The first-order valence-electron chi connectivity index (χ1n) is 5.77. The first kappa shape index (κ1) is 13.4. The van der Waals surface area contributed by atoms with E-state index in [1.54, 1.807) is 37.4 Å². The molecule has 6 heteroatoms. The van der Waals surface area contributed by atoms with Gasteiger partial charge >= 0.3 is 0 Å². The maximum Gasteiger partial charge on any atom is 0.275 e. The normalized spacial score (nSPS) is 9.60. The summed E-state index contributed by atoms with van der Waals surface area (Å²) in [5.74, 6) is 0.783. The van der Waals surface area contributed by atoms with Gasteiger partial charge in [-0.3, -0.25) is 10.1 Å². The monoisotopic (exact) mass is 269 g/mol. The van der Waals surface area contributed by atoms with E-state index in [-0.39, 0.29) is 5.69 Å². The molecular weight excluding hydrogens is 258 g/mol. The number of ether oxygens (including phenoxy) is 1. The molecule has 0 aromatic heterocycles. The average Bonchev–Trinajstić information content (AvgIpc) is 2.47. The zero-order valence-electron chi connectivity index (χ0n) is 10.7. The van der Waals surface area contributed by atoms with Crippen LogP contribution < -0.4 is 10.1 Å². The third-order valence-electron chi connectivity index (χ3n) is 2.59. The largest absolute Gasteiger partial charge is 0.457 e. The molecule has 2 aromatic carbocycles. The predicted octanol–water partition coefficient (Wildman–Crippen LogP) is 3.30. The topological polar surface area (TPSA) is 88.2 Å². The van der Waals surface area contributed by atoms with Gasteiger partial charge < -0.3 is 10.1 Å². The Balaban J connectivity index is 2.35. The number of nitro benzene ring substituents is 1. The molecule has 0 saturated heterocycles. The van der Waals surface area contributed by atoms with Crippen molar-refractivity contribution in [3.05, 3.63) is 58.1 Å². The lowest BCUT2D eigenvalue weighted by atomic mass is 10.2. The van der Waals surface area contributed by atoms with Gasteiger partial charge in [0.2, 0.25) is 0 Å². The van der Waals surface area contributed by atoms with Crippen molar-refractivity contribution < 1.29 is 9.66 Å². The van der Waals surface area contributed by atoms with Gasteiger partial charge in [-0.1, -0.05) is 6.07 Å². The van der Waals surface area contributed by atoms with Crippen molar-refractivity contribution in [1.29, 1.82) is 5.26 Å². The number of nitro groups is 1. The van der Waals surface area contributed by atoms with E-state index in [1.807, 2.05) is 6.07 Å². The van der Waals surface area contributed by atoms with Crippen LogP contribution in [0.1, 0.15) is 5.56 Å². The van der Waals surface area contributed by atoms with Crippen LogP contribution in [0.25, 0.3) is 0 Å². The van der Waals surface area contributed by atoms with Crippen LogP contribution in [-0.2, 0) is 0 Å². The molecule has 0 bridgehead atoms. The van der Waals surface area contributed by atoms with Crippen LogP contribution in [0.4, 0.5) is 11.4 Å². The summed E-state index contributed by atoms with van der Waals surface area (Å²) in [4.78, 5) is 10.4. The van der Waals surface area contributed by atoms with Gasteiger partial charge in [0.05, 0.1) is 22.6 Å². The third-order valence-corrected chi connectivity index (χ3v) is 2.59.